The van der Waals surface area contributed by atoms with Crippen LogP contribution in [0.25, 0.3) is 10.8 Å². The molecule has 7 nitrogen and oxygen atoms in total. The number of hydrogen-bond acceptors (Lipinski definition) is 4. The minimum absolute atomic E-state index is 0.0214. The maximum absolute atomic E-state index is 13.1. The summed E-state index contributed by atoms with van der Waals surface area (Å²) in [5.41, 5.74) is 6.96. The zero-order valence-corrected chi connectivity index (χ0v) is 18.0. The van der Waals surface area contributed by atoms with Crippen molar-refractivity contribution in [1.82, 2.24) is 9.80 Å². The highest BCUT2D eigenvalue weighted by Crippen LogP contribution is 2.21. The Hall–Kier alpha value is -3.71. The van der Waals surface area contributed by atoms with Gasteiger partial charge in [-0.2, -0.15) is 0 Å². The lowest BCUT2D eigenvalue weighted by atomic mass is 10.0. The van der Waals surface area contributed by atoms with Crippen molar-refractivity contribution in [2.24, 2.45) is 5.73 Å². The average Bonchev–Trinajstić information content (AvgIpc) is 2.83. The van der Waals surface area contributed by atoms with E-state index >= 15 is 0 Å². The fourth-order valence-electron chi connectivity index (χ4n) is 4.02. The topological polar surface area (TPSA) is 95.7 Å². The summed E-state index contributed by atoms with van der Waals surface area (Å²) >= 11 is 0. The zero-order chi connectivity index (χ0) is 22.7. The van der Waals surface area contributed by atoms with Gasteiger partial charge in [0.05, 0.1) is 6.04 Å². The van der Waals surface area contributed by atoms with Crippen LogP contribution in [0.4, 0.5) is 5.69 Å². The Morgan fingerprint density at radius 1 is 0.875 bits per heavy atom. The molecule has 1 heterocycles. The van der Waals surface area contributed by atoms with Gasteiger partial charge in [0.1, 0.15) is 0 Å². The summed E-state index contributed by atoms with van der Waals surface area (Å²) in [7, 11) is 0. The molecule has 0 aromatic heterocycles. The summed E-state index contributed by atoms with van der Waals surface area (Å²) in [5, 5.41) is 4.88. The van der Waals surface area contributed by atoms with Crippen molar-refractivity contribution in [3.8, 4) is 0 Å². The number of nitrogens with two attached hydrogens (primary N) is 1. The van der Waals surface area contributed by atoms with Crippen LogP contribution in [0.15, 0.2) is 66.7 Å². The fraction of sp³-hybridized carbons (Fsp3) is 0.240. The van der Waals surface area contributed by atoms with E-state index in [9.17, 15) is 14.4 Å². The summed E-state index contributed by atoms with van der Waals surface area (Å²) in [6.45, 7) is 4.21. The van der Waals surface area contributed by atoms with Crippen molar-refractivity contribution in [2.75, 3.05) is 31.5 Å². The first-order valence-electron chi connectivity index (χ1n) is 10.7. The maximum atomic E-state index is 13.1. The normalized spacial score (nSPS) is 15.3. The number of fused-ring (bicyclic) bond motifs is 1. The van der Waals surface area contributed by atoms with E-state index in [1.165, 1.54) is 0 Å². The Morgan fingerprint density at radius 3 is 2.22 bits per heavy atom. The Morgan fingerprint density at radius 2 is 1.53 bits per heavy atom. The summed E-state index contributed by atoms with van der Waals surface area (Å²) in [6.07, 6.45) is 0. The van der Waals surface area contributed by atoms with Crippen LogP contribution in [0.5, 0.6) is 0 Å². The minimum Gasteiger partial charge on any atom is -0.366 e. The van der Waals surface area contributed by atoms with E-state index in [1.54, 1.807) is 24.3 Å². The van der Waals surface area contributed by atoms with E-state index in [4.69, 9.17) is 5.73 Å². The van der Waals surface area contributed by atoms with Crippen molar-refractivity contribution >= 4 is 34.2 Å². The third-order valence-corrected chi connectivity index (χ3v) is 5.99. The molecule has 1 aliphatic heterocycles. The van der Waals surface area contributed by atoms with Gasteiger partial charge in [-0.15, -0.1) is 0 Å². The van der Waals surface area contributed by atoms with E-state index in [-0.39, 0.29) is 17.9 Å². The number of benzene rings is 3. The van der Waals surface area contributed by atoms with E-state index in [2.05, 4.69) is 10.2 Å². The second-order valence-corrected chi connectivity index (χ2v) is 7.96. The van der Waals surface area contributed by atoms with E-state index in [0.717, 1.165) is 10.8 Å². The Labute approximate surface area is 186 Å². The largest absolute Gasteiger partial charge is 0.366 e. The van der Waals surface area contributed by atoms with Crippen molar-refractivity contribution in [2.45, 2.75) is 13.0 Å². The monoisotopic (exact) mass is 430 g/mol. The quantitative estimate of drug-likeness (QED) is 0.651. The second kappa shape index (κ2) is 9.20. The molecule has 32 heavy (non-hydrogen) atoms. The molecule has 3 aromatic carbocycles. The molecular formula is C25H26N4O3. The first-order chi connectivity index (χ1) is 15.4. The van der Waals surface area contributed by atoms with Crippen molar-refractivity contribution in [3.05, 3.63) is 77.9 Å². The van der Waals surface area contributed by atoms with Crippen LogP contribution < -0.4 is 11.1 Å². The molecule has 1 unspecified atom stereocenters. The van der Waals surface area contributed by atoms with Gasteiger partial charge in [0.15, 0.2) is 0 Å². The first kappa shape index (κ1) is 21.5. The number of amides is 3. The number of rotatable bonds is 5. The number of nitrogens with zero attached hydrogens (tertiary/aromatic N) is 2. The van der Waals surface area contributed by atoms with Gasteiger partial charge in [-0.05, 0) is 48.0 Å². The summed E-state index contributed by atoms with van der Waals surface area (Å²) in [6, 6.07) is 19.8. The SMILES string of the molecule is CC(C(=O)Nc1ccc(C(N)=O)cc1)N1CCN(C(=O)c2cccc3ccccc23)CC1. The summed E-state index contributed by atoms with van der Waals surface area (Å²) in [5.74, 6) is -0.620. The van der Waals surface area contributed by atoms with E-state index in [1.807, 2.05) is 54.3 Å². The van der Waals surface area contributed by atoms with Crippen LogP contribution in [0.2, 0.25) is 0 Å². The van der Waals surface area contributed by atoms with Crippen molar-refractivity contribution in [1.29, 1.82) is 0 Å². The fourth-order valence-corrected chi connectivity index (χ4v) is 4.02. The van der Waals surface area contributed by atoms with Crippen LogP contribution in [0.1, 0.15) is 27.6 Å². The minimum atomic E-state index is -0.507. The summed E-state index contributed by atoms with van der Waals surface area (Å²) in [4.78, 5) is 40.9. The number of carbonyl (C=O) groups is 3. The molecule has 164 valence electrons. The number of carbonyl (C=O) groups excluding carboxylic acids is 3. The molecule has 0 saturated carbocycles. The van der Waals surface area contributed by atoms with Crippen molar-refractivity contribution in [3.63, 3.8) is 0 Å². The average molecular weight is 431 g/mol. The van der Waals surface area contributed by atoms with Crippen LogP contribution in [-0.4, -0.2) is 59.7 Å². The molecule has 1 fully saturated rings. The van der Waals surface area contributed by atoms with Crippen LogP contribution in [0.3, 0.4) is 0 Å². The molecule has 1 aliphatic rings. The Bertz CT molecular complexity index is 1150. The molecule has 4 rings (SSSR count). The second-order valence-electron chi connectivity index (χ2n) is 7.96. The molecule has 0 bridgehead atoms. The third-order valence-electron chi connectivity index (χ3n) is 5.99. The molecular weight excluding hydrogens is 404 g/mol. The van der Waals surface area contributed by atoms with Crippen LogP contribution in [-0.2, 0) is 4.79 Å². The lowest BCUT2D eigenvalue weighted by molar-refractivity contribution is -0.121. The number of nitrogens with one attached hydrogen (secondary N) is 1. The van der Waals surface area contributed by atoms with Gasteiger partial charge in [-0.1, -0.05) is 36.4 Å². The number of anilines is 1. The number of primary amides is 1. The van der Waals surface area contributed by atoms with Gasteiger partial charge in [-0.3, -0.25) is 19.3 Å². The van der Waals surface area contributed by atoms with Gasteiger partial charge in [0.25, 0.3) is 5.91 Å². The smallest absolute Gasteiger partial charge is 0.254 e. The molecule has 0 aliphatic carbocycles. The van der Waals surface area contributed by atoms with Gasteiger partial charge >= 0.3 is 0 Å². The van der Waals surface area contributed by atoms with Gasteiger partial charge in [-0.25, -0.2) is 0 Å². The number of hydrogen-bond donors (Lipinski definition) is 2. The van der Waals surface area contributed by atoms with E-state index in [0.29, 0.717) is 43.0 Å². The van der Waals surface area contributed by atoms with Crippen molar-refractivity contribution < 1.29 is 14.4 Å². The first-order valence-corrected chi connectivity index (χ1v) is 10.7. The van der Waals surface area contributed by atoms with Gasteiger partial charge < -0.3 is 16.0 Å². The van der Waals surface area contributed by atoms with Gasteiger partial charge in [0.2, 0.25) is 11.8 Å². The van der Waals surface area contributed by atoms with E-state index < -0.39 is 5.91 Å². The lowest BCUT2D eigenvalue weighted by Gasteiger charge is -2.37. The Kier molecular flexibility index (Phi) is 6.18. The maximum Gasteiger partial charge on any atom is 0.254 e. The zero-order valence-electron chi connectivity index (χ0n) is 18.0. The van der Waals surface area contributed by atoms with Crippen LogP contribution >= 0.6 is 0 Å². The molecule has 0 spiro atoms. The predicted molar refractivity (Wildman–Crippen MR) is 124 cm³/mol. The highest BCUT2D eigenvalue weighted by Gasteiger charge is 2.28. The highest BCUT2D eigenvalue weighted by atomic mass is 16.2. The van der Waals surface area contributed by atoms with Gasteiger partial charge in [0, 0.05) is 43.0 Å². The molecule has 3 aromatic rings. The lowest BCUT2D eigenvalue weighted by Crippen LogP contribution is -2.54. The predicted octanol–water partition coefficient (Wildman–Crippen LogP) is 2.72. The molecule has 7 heteroatoms. The molecule has 1 atom stereocenters. The molecule has 3 N–H and O–H groups in total. The Balaban J connectivity index is 1.36. The number of piperazine rings is 1. The van der Waals surface area contributed by atoms with Crippen LogP contribution in [0, 0.1) is 0 Å². The third kappa shape index (κ3) is 4.48. The molecule has 1 saturated heterocycles. The summed E-state index contributed by atoms with van der Waals surface area (Å²) < 4.78 is 0. The molecule has 3 amide bonds. The highest BCUT2D eigenvalue weighted by molar-refractivity contribution is 6.07. The molecule has 0 radical (unpaired) electrons. The standard InChI is InChI=1S/C25H26N4O3/c1-17(24(31)27-20-11-9-19(10-12-20)23(26)30)28-13-15-29(16-14-28)25(32)22-8-4-6-18-5-2-3-7-21(18)22/h2-12,17H,13-16H2,1H3,(H2,26,30)(H,27,31).